The molecule has 0 unspecified atom stereocenters. The lowest BCUT2D eigenvalue weighted by Crippen LogP contribution is -2.23. The van der Waals surface area contributed by atoms with E-state index in [1.807, 2.05) is 6.92 Å². The first-order chi connectivity index (χ1) is 15.6. The van der Waals surface area contributed by atoms with Crippen molar-refractivity contribution in [2.75, 3.05) is 6.54 Å². The molecule has 0 atom stereocenters. The van der Waals surface area contributed by atoms with E-state index in [1.54, 1.807) is 18.4 Å². The molecule has 11 heteroatoms. The molecule has 3 rings (SSSR count). The van der Waals surface area contributed by atoms with Crippen LogP contribution in [0, 0.1) is 0 Å². The fourth-order valence-electron chi connectivity index (χ4n) is 2.78. The minimum atomic E-state index is -4.44. The minimum Gasteiger partial charge on any atom is -0.506 e. The first-order valence-electron chi connectivity index (χ1n) is 9.83. The van der Waals surface area contributed by atoms with Gasteiger partial charge in [-0.05, 0) is 43.2 Å². The number of thiophene rings is 2. The third-order valence-corrected chi connectivity index (χ3v) is 6.64. The summed E-state index contributed by atoms with van der Waals surface area (Å²) in [7, 11) is 0. The van der Waals surface area contributed by atoms with Crippen molar-refractivity contribution >= 4 is 40.2 Å². The average Bonchev–Trinajstić information content (AvgIpc) is 3.42. The standard InChI is InChI=1S/C22H20F3N3O3S2/c1-3-10-26-20(30)16-8-9-17(33-16)21(31)28-27-12(2)15-11-32-19(18(15)29)13-4-6-14(7-5-13)22(23,24)25/h4-9,11,29H,3,10H2,1-2H3,(H,26,30)(H,28,31). The number of benzene rings is 1. The molecule has 174 valence electrons. The van der Waals surface area contributed by atoms with Crippen molar-refractivity contribution in [2.45, 2.75) is 26.4 Å². The maximum atomic E-state index is 12.8. The predicted molar refractivity (Wildman–Crippen MR) is 123 cm³/mol. The molecule has 0 aliphatic heterocycles. The second-order valence-corrected chi connectivity index (χ2v) is 8.92. The molecule has 0 saturated heterocycles. The van der Waals surface area contributed by atoms with Gasteiger partial charge in [0.05, 0.1) is 31.5 Å². The lowest BCUT2D eigenvalue weighted by molar-refractivity contribution is -0.137. The average molecular weight is 496 g/mol. The van der Waals surface area contributed by atoms with E-state index in [1.165, 1.54) is 18.2 Å². The summed E-state index contributed by atoms with van der Waals surface area (Å²) >= 11 is 2.18. The van der Waals surface area contributed by atoms with E-state index in [2.05, 4.69) is 15.8 Å². The maximum absolute atomic E-state index is 12.8. The summed E-state index contributed by atoms with van der Waals surface area (Å²) in [6.45, 7) is 4.06. The van der Waals surface area contributed by atoms with Crippen LogP contribution in [0.25, 0.3) is 10.4 Å². The van der Waals surface area contributed by atoms with E-state index in [0.29, 0.717) is 38.0 Å². The molecule has 6 nitrogen and oxygen atoms in total. The summed E-state index contributed by atoms with van der Waals surface area (Å²) < 4.78 is 38.3. The second kappa shape index (κ2) is 10.2. The van der Waals surface area contributed by atoms with Crippen LogP contribution < -0.4 is 10.7 Å². The van der Waals surface area contributed by atoms with Crippen LogP contribution in [0.1, 0.15) is 50.7 Å². The van der Waals surface area contributed by atoms with Gasteiger partial charge in [-0.25, -0.2) is 5.43 Å². The molecule has 0 fully saturated rings. The number of amides is 2. The van der Waals surface area contributed by atoms with Crippen molar-refractivity contribution in [3.8, 4) is 16.2 Å². The SMILES string of the molecule is CCCNC(=O)c1ccc(C(=O)NN=C(C)c2csc(-c3ccc(C(F)(F)F)cc3)c2O)s1. The van der Waals surface area contributed by atoms with Crippen LogP contribution >= 0.6 is 22.7 Å². The van der Waals surface area contributed by atoms with Crippen molar-refractivity contribution in [1.82, 2.24) is 10.7 Å². The molecular weight excluding hydrogens is 475 g/mol. The Morgan fingerprint density at radius 1 is 1.06 bits per heavy atom. The van der Waals surface area contributed by atoms with E-state index in [-0.39, 0.29) is 11.7 Å². The van der Waals surface area contributed by atoms with Crippen molar-refractivity contribution in [2.24, 2.45) is 5.10 Å². The molecule has 33 heavy (non-hydrogen) atoms. The van der Waals surface area contributed by atoms with E-state index < -0.39 is 17.6 Å². The highest BCUT2D eigenvalue weighted by molar-refractivity contribution is 7.16. The Kier molecular flexibility index (Phi) is 7.54. The van der Waals surface area contributed by atoms with Gasteiger partial charge in [0, 0.05) is 11.9 Å². The van der Waals surface area contributed by atoms with E-state index in [4.69, 9.17) is 0 Å². The number of hydrogen-bond acceptors (Lipinski definition) is 6. The highest BCUT2D eigenvalue weighted by atomic mass is 32.1. The third-order valence-electron chi connectivity index (χ3n) is 4.54. The number of nitrogens with one attached hydrogen (secondary N) is 2. The molecule has 0 radical (unpaired) electrons. The number of carbonyl (C=O) groups excluding carboxylic acids is 2. The molecule has 2 aromatic heterocycles. The summed E-state index contributed by atoms with van der Waals surface area (Å²) in [6, 6.07) is 7.56. The highest BCUT2D eigenvalue weighted by Crippen LogP contribution is 2.40. The van der Waals surface area contributed by atoms with Gasteiger partial charge in [0.25, 0.3) is 11.8 Å². The molecule has 0 aliphatic rings. The minimum absolute atomic E-state index is 0.138. The smallest absolute Gasteiger partial charge is 0.416 e. The molecular formula is C22H20F3N3O3S2. The van der Waals surface area contributed by atoms with Gasteiger partial charge in [-0.3, -0.25) is 9.59 Å². The van der Waals surface area contributed by atoms with Crippen molar-refractivity contribution in [3.63, 3.8) is 0 Å². The fourth-order valence-corrected chi connectivity index (χ4v) is 4.61. The molecule has 1 aromatic carbocycles. The molecule has 2 heterocycles. The van der Waals surface area contributed by atoms with Gasteiger partial charge in [0.15, 0.2) is 0 Å². The van der Waals surface area contributed by atoms with E-state index in [0.717, 1.165) is 41.2 Å². The van der Waals surface area contributed by atoms with Gasteiger partial charge >= 0.3 is 6.18 Å². The van der Waals surface area contributed by atoms with Crippen LogP contribution in [0.2, 0.25) is 0 Å². The third kappa shape index (κ3) is 5.79. The fraction of sp³-hybridized carbons (Fsp3) is 0.227. The van der Waals surface area contributed by atoms with Crippen LogP contribution in [0.15, 0.2) is 46.9 Å². The number of rotatable bonds is 7. The van der Waals surface area contributed by atoms with Crippen LogP contribution in [-0.2, 0) is 6.18 Å². The zero-order valence-corrected chi connectivity index (χ0v) is 19.2. The van der Waals surface area contributed by atoms with E-state index >= 15 is 0 Å². The number of halogens is 3. The molecule has 0 saturated carbocycles. The lowest BCUT2D eigenvalue weighted by Gasteiger charge is -2.07. The topological polar surface area (TPSA) is 90.8 Å². The molecule has 0 spiro atoms. The molecule has 3 N–H and O–H groups in total. The number of nitrogens with zero attached hydrogens (tertiary/aromatic N) is 1. The molecule has 0 bridgehead atoms. The number of alkyl halides is 3. The van der Waals surface area contributed by atoms with Crippen LogP contribution in [-0.4, -0.2) is 29.2 Å². The Morgan fingerprint density at radius 3 is 2.30 bits per heavy atom. The normalized spacial score (nSPS) is 12.0. The van der Waals surface area contributed by atoms with Gasteiger partial charge in [-0.15, -0.1) is 22.7 Å². The maximum Gasteiger partial charge on any atom is 0.416 e. The number of hydrazone groups is 1. The Hall–Kier alpha value is -3.18. The number of hydrogen-bond donors (Lipinski definition) is 3. The molecule has 2 amide bonds. The Labute approximate surface area is 195 Å². The first-order valence-corrected chi connectivity index (χ1v) is 11.5. The van der Waals surface area contributed by atoms with Gasteiger partial charge in [-0.1, -0.05) is 19.1 Å². The Morgan fingerprint density at radius 2 is 1.70 bits per heavy atom. The zero-order chi connectivity index (χ0) is 24.2. The van der Waals surface area contributed by atoms with Gasteiger partial charge in [-0.2, -0.15) is 18.3 Å². The van der Waals surface area contributed by atoms with E-state index in [9.17, 15) is 27.9 Å². The van der Waals surface area contributed by atoms with Crippen LogP contribution in [0.4, 0.5) is 13.2 Å². The summed E-state index contributed by atoms with van der Waals surface area (Å²) in [4.78, 5) is 25.4. The summed E-state index contributed by atoms with van der Waals surface area (Å²) in [5.41, 5.74) is 2.71. The molecule has 0 aliphatic carbocycles. The number of carbonyl (C=O) groups is 2. The van der Waals surface area contributed by atoms with Crippen LogP contribution in [0.5, 0.6) is 5.75 Å². The number of aromatic hydroxyl groups is 1. The quantitative estimate of drug-likeness (QED) is 0.299. The van der Waals surface area contributed by atoms with Gasteiger partial charge < -0.3 is 10.4 Å². The Balaban J connectivity index is 1.70. The van der Waals surface area contributed by atoms with Crippen molar-refractivity contribution in [3.05, 3.63) is 62.7 Å². The summed E-state index contributed by atoms with van der Waals surface area (Å²) in [5, 5.41) is 18.9. The van der Waals surface area contributed by atoms with Crippen molar-refractivity contribution < 1.29 is 27.9 Å². The largest absolute Gasteiger partial charge is 0.506 e. The predicted octanol–water partition coefficient (Wildman–Crippen LogP) is 5.49. The lowest BCUT2D eigenvalue weighted by atomic mass is 10.1. The zero-order valence-electron chi connectivity index (χ0n) is 17.6. The monoisotopic (exact) mass is 495 g/mol. The Bertz CT molecular complexity index is 1180. The van der Waals surface area contributed by atoms with Gasteiger partial charge in [0.2, 0.25) is 0 Å². The van der Waals surface area contributed by atoms with Crippen molar-refractivity contribution in [1.29, 1.82) is 0 Å². The second-order valence-electron chi connectivity index (χ2n) is 6.96. The first kappa shape index (κ1) is 24.5. The van der Waals surface area contributed by atoms with Crippen LogP contribution in [0.3, 0.4) is 0 Å². The summed E-state index contributed by atoms with van der Waals surface area (Å²) in [6.07, 6.45) is -3.64. The highest BCUT2D eigenvalue weighted by Gasteiger charge is 2.30. The summed E-state index contributed by atoms with van der Waals surface area (Å²) in [5.74, 6) is -0.896. The molecule has 3 aromatic rings. The van der Waals surface area contributed by atoms with Gasteiger partial charge in [0.1, 0.15) is 5.75 Å².